The Morgan fingerprint density at radius 3 is 1.52 bits per heavy atom. The van der Waals surface area contributed by atoms with E-state index >= 15 is 0 Å². The standard InChI is InChI=1S/C18H30N4S/c1-3-5-7-9-11-13-15(19)16(20)14(12-10-8-6-4-2)18-17(13)21-23-22-18/h3-12,19-20H2,1-2H3. The fraction of sp³-hybridized carbons (Fsp3) is 0.667. The molecule has 0 amide bonds. The number of aromatic nitrogens is 2. The smallest absolute Gasteiger partial charge is 0.110 e. The van der Waals surface area contributed by atoms with Crippen molar-refractivity contribution in [3.63, 3.8) is 0 Å². The molecular formula is C18H30N4S. The first-order valence-electron chi connectivity index (χ1n) is 9.01. The lowest BCUT2D eigenvalue weighted by Gasteiger charge is -2.14. The lowest BCUT2D eigenvalue weighted by molar-refractivity contribution is 0.666. The van der Waals surface area contributed by atoms with E-state index in [2.05, 4.69) is 22.6 Å². The van der Waals surface area contributed by atoms with Gasteiger partial charge in [0.1, 0.15) is 11.0 Å². The first-order valence-corrected chi connectivity index (χ1v) is 9.74. The van der Waals surface area contributed by atoms with Crippen LogP contribution in [-0.4, -0.2) is 8.75 Å². The van der Waals surface area contributed by atoms with E-state index in [0.29, 0.717) is 0 Å². The van der Waals surface area contributed by atoms with Gasteiger partial charge < -0.3 is 11.5 Å². The van der Waals surface area contributed by atoms with Crippen LogP contribution in [0.5, 0.6) is 0 Å². The number of hydrogen-bond acceptors (Lipinski definition) is 5. The normalized spacial score (nSPS) is 11.4. The summed E-state index contributed by atoms with van der Waals surface area (Å²) in [5.41, 5.74) is 18.4. The van der Waals surface area contributed by atoms with Crippen molar-refractivity contribution in [2.75, 3.05) is 11.5 Å². The van der Waals surface area contributed by atoms with E-state index in [-0.39, 0.29) is 0 Å². The number of nitrogens with two attached hydrogens (primary N) is 2. The third-order valence-corrected chi connectivity index (χ3v) is 5.09. The van der Waals surface area contributed by atoms with Gasteiger partial charge in [-0.2, -0.15) is 8.75 Å². The highest BCUT2D eigenvalue weighted by atomic mass is 32.1. The van der Waals surface area contributed by atoms with Crippen LogP contribution in [0.3, 0.4) is 0 Å². The second-order valence-corrected chi connectivity index (χ2v) is 6.90. The molecule has 0 radical (unpaired) electrons. The SMILES string of the molecule is CCCCCCc1c(N)c(N)c(CCCCCC)c2nsnc12. The summed E-state index contributed by atoms with van der Waals surface area (Å²) in [4.78, 5) is 0. The zero-order valence-electron chi connectivity index (χ0n) is 14.5. The number of aryl methyl sites for hydroxylation is 2. The number of rotatable bonds is 10. The second kappa shape index (κ2) is 9.06. The minimum atomic E-state index is 0.743. The molecule has 1 aromatic heterocycles. The van der Waals surface area contributed by atoms with E-state index in [1.807, 2.05) is 0 Å². The fourth-order valence-electron chi connectivity index (χ4n) is 3.13. The maximum absolute atomic E-state index is 6.37. The highest BCUT2D eigenvalue weighted by Crippen LogP contribution is 2.35. The Bertz CT molecular complexity index is 569. The predicted octanol–water partition coefficient (Wildman–Crippen LogP) is 5.10. The minimum Gasteiger partial charge on any atom is -0.397 e. The van der Waals surface area contributed by atoms with Gasteiger partial charge in [0.15, 0.2) is 0 Å². The zero-order valence-corrected chi connectivity index (χ0v) is 15.3. The van der Waals surface area contributed by atoms with Crippen LogP contribution >= 0.6 is 11.7 Å². The molecule has 0 aliphatic carbocycles. The van der Waals surface area contributed by atoms with E-state index in [4.69, 9.17) is 11.5 Å². The molecule has 1 heterocycles. The molecule has 0 atom stereocenters. The van der Waals surface area contributed by atoms with Gasteiger partial charge in [0.25, 0.3) is 0 Å². The highest BCUT2D eigenvalue weighted by molar-refractivity contribution is 7.00. The van der Waals surface area contributed by atoms with Gasteiger partial charge in [-0.1, -0.05) is 52.4 Å². The number of benzene rings is 1. The van der Waals surface area contributed by atoms with Gasteiger partial charge >= 0.3 is 0 Å². The van der Waals surface area contributed by atoms with Crippen molar-refractivity contribution in [3.05, 3.63) is 11.1 Å². The van der Waals surface area contributed by atoms with Gasteiger partial charge in [0.05, 0.1) is 23.1 Å². The van der Waals surface area contributed by atoms with E-state index in [0.717, 1.165) is 59.2 Å². The molecule has 23 heavy (non-hydrogen) atoms. The van der Waals surface area contributed by atoms with E-state index in [1.165, 1.54) is 50.3 Å². The molecule has 0 bridgehead atoms. The highest BCUT2D eigenvalue weighted by Gasteiger charge is 2.18. The molecule has 0 aliphatic rings. The van der Waals surface area contributed by atoms with Gasteiger partial charge in [-0.15, -0.1) is 0 Å². The predicted molar refractivity (Wildman–Crippen MR) is 102 cm³/mol. The Labute approximate surface area is 144 Å². The van der Waals surface area contributed by atoms with E-state index in [9.17, 15) is 0 Å². The lowest BCUT2D eigenvalue weighted by Crippen LogP contribution is -2.06. The monoisotopic (exact) mass is 334 g/mol. The summed E-state index contributed by atoms with van der Waals surface area (Å²) < 4.78 is 9.04. The van der Waals surface area contributed by atoms with Crippen LogP contribution in [0, 0.1) is 0 Å². The topological polar surface area (TPSA) is 77.8 Å². The molecule has 1 aromatic carbocycles. The van der Waals surface area contributed by atoms with Crippen LogP contribution in [0.4, 0.5) is 11.4 Å². The molecule has 4 nitrogen and oxygen atoms in total. The van der Waals surface area contributed by atoms with Gasteiger partial charge in [0, 0.05) is 11.1 Å². The van der Waals surface area contributed by atoms with Crippen molar-refractivity contribution >= 4 is 34.1 Å². The van der Waals surface area contributed by atoms with Crippen LogP contribution in [0.25, 0.3) is 11.0 Å². The Morgan fingerprint density at radius 2 is 1.13 bits per heavy atom. The van der Waals surface area contributed by atoms with E-state index in [1.54, 1.807) is 0 Å². The number of unbranched alkanes of at least 4 members (excludes halogenated alkanes) is 6. The van der Waals surface area contributed by atoms with Crippen molar-refractivity contribution in [1.29, 1.82) is 0 Å². The number of fused-ring (bicyclic) bond motifs is 1. The molecule has 5 heteroatoms. The minimum absolute atomic E-state index is 0.743. The van der Waals surface area contributed by atoms with Crippen LogP contribution in [-0.2, 0) is 12.8 Å². The van der Waals surface area contributed by atoms with E-state index < -0.39 is 0 Å². The molecule has 0 spiro atoms. The van der Waals surface area contributed by atoms with Crippen molar-refractivity contribution in [1.82, 2.24) is 8.75 Å². The molecule has 2 rings (SSSR count). The largest absolute Gasteiger partial charge is 0.397 e. The number of anilines is 2. The maximum atomic E-state index is 6.37. The van der Waals surface area contributed by atoms with Gasteiger partial charge in [-0.25, -0.2) is 0 Å². The Kier molecular flexibility index (Phi) is 7.09. The van der Waals surface area contributed by atoms with Crippen LogP contribution in [0.1, 0.15) is 76.3 Å². The molecule has 0 fully saturated rings. The molecular weight excluding hydrogens is 304 g/mol. The maximum Gasteiger partial charge on any atom is 0.110 e. The molecule has 0 aliphatic heterocycles. The number of hydrogen-bond donors (Lipinski definition) is 2. The van der Waals surface area contributed by atoms with Gasteiger partial charge in [-0.05, 0) is 25.7 Å². The molecule has 0 saturated carbocycles. The van der Waals surface area contributed by atoms with Crippen molar-refractivity contribution < 1.29 is 0 Å². The molecule has 2 aromatic rings. The average Bonchev–Trinajstić information content (AvgIpc) is 3.02. The summed E-state index contributed by atoms with van der Waals surface area (Å²) in [5.74, 6) is 0. The van der Waals surface area contributed by atoms with Crippen molar-refractivity contribution in [2.45, 2.75) is 78.1 Å². The Morgan fingerprint density at radius 1 is 0.696 bits per heavy atom. The van der Waals surface area contributed by atoms with Crippen LogP contribution in [0.15, 0.2) is 0 Å². The Hall–Kier alpha value is -1.36. The van der Waals surface area contributed by atoms with Crippen molar-refractivity contribution in [3.8, 4) is 0 Å². The molecule has 4 N–H and O–H groups in total. The number of nitrogens with zero attached hydrogens (tertiary/aromatic N) is 2. The quantitative estimate of drug-likeness (QED) is 0.468. The first kappa shape index (κ1) is 18.0. The third-order valence-electron chi connectivity index (χ3n) is 4.56. The summed E-state index contributed by atoms with van der Waals surface area (Å²) in [7, 11) is 0. The van der Waals surface area contributed by atoms with Crippen LogP contribution in [0.2, 0.25) is 0 Å². The third kappa shape index (κ3) is 4.34. The van der Waals surface area contributed by atoms with Crippen molar-refractivity contribution in [2.24, 2.45) is 0 Å². The fourth-order valence-corrected chi connectivity index (χ4v) is 3.73. The summed E-state index contributed by atoms with van der Waals surface area (Å²) in [6, 6.07) is 0. The second-order valence-electron chi connectivity index (χ2n) is 6.37. The molecule has 0 unspecified atom stereocenters. The summed E-state index contributed by atoms with van der Waals surface area (Å²) in [6.45, 7) is 4.45. The lowest BCUT2D eigenvalue weighted by atomic mass is 9.95. The first-order chi connectivity index (χ1) is 11.2. The van der Waals surface area contributed by atoms with Gasteiger partial charge in [-0.3, -0.25) is 0 Å². The molecule has 0 saturated heterocycles. The summed E-state index contributed by atoms with van der Waals surface area (Å²) in [6.07, 6.45) is 11.7. The van der Waals surface area contributed by atoms with Gasteiger partial charge in [0.2, 0.25) is 0 Å². The summed E-state index contributed by atoms with van der Waals surface area (Å²) >= 11 is 1.27. The Balaban J connectivity index is 2.22. The average molecular weight is 335 g/mol. The molecule has 128 valence electrons. The summed E-state index contributed by atoms with van der Waals surface area (Å²) in [5, 5.41) is 0. The number of nitrogen functional groups attached to an aromatic ring is 2. The zero-order chi connectivity index (χ0) is 16.7. The van der Waals surface area contributed by atoms with Crippen LogP contribution < -0.4 is 11.5 Å².